The van der Waals surface area contributed by atoms with Crippen molar-refractivity contribution in [3.63, 3.8) is 0 Å². The summed E-state index contributed by atoms with van der Waals surface area (Å²) in [4.78, 5) is 10.9. The van der Waals surface area contributed by atoms with Gasteiger partial charge in [0.25, 0.3) is 0 Å². The maximum absolute atomic E-state index is 10.9. The number of benzene rings is 1. The topological polar surface area (TPSA) is 52.3 Å². The Morgan fingerprint density at radius 2 is 2.17 bits per heavy atom. The molecule has 0 saturated heterocycles. The Hall–Kier alpha value is -1.51. The lowest BCUT2D eigenvalue weighted by Gasteiger charge is -1.98. The molecule has 1 aromatic rings. The van der Waals surface area contributed by atoms with Crippen molar-refractivity contribution in [3.8, 4) is 0 Å². The minimum absolute atomic E-state index is 0. The zero-order chi connectivity index (χ0) is 8.27. The van der Waals surface area contributed by atoms with Gasteiger partial charge in [0.2, 0.25) is 0 Å². The van der Waals surface area contributed by atoms with Crippen LogP contribution < -0.4 is 5.73 Å². The maximum atomic E-state index is 10.9. The molecule has 3 heteroatoms. The van der Waals surface area contributed by atoms with Crippen LogP contribution in [0.3, 0.4) is 0 Å². The third kappa shape index (κ3) is 2.27. The SMILES string of the molecule is C.COC(=O)c1cccc(N)c1. The molecule has 0 fully saturated rings. The van der Waals surface area contributed by atoms with Crippen LogP contribution in [0.25, 0.3) is 0 Å². The predicted octanol–water partition coefficient (Wildman–Crippen LogP) is 1.69. The van der Waals surface area contributed by atoms with E-state index < -0.39 is 0 Å². The third-order valence-electron chi connectivity index (χ3n) is 1.31. The molecule has 0 radical (unpaired) electrons. The molecule has 0 bridgehead atoms. The molecule has 12 heavy (non-hydrogen) atoms. The fourth-order valence-corrected chi connectivity index (χ4v) is 0.783. The first-order valence-electron chi connectivity index (χ1n) is 3.18. The lowest BCUT2D eigenvalue weighted by atomic mass is 10.2. The second kappa shape index (κ2) is 4.38. The number of ether oxygens (including phenoxy) is 1. The highest BCUT2D eigenvalue weighted by Crippen LogP contribution is 2.06. The van der Waals surface area contributed by atoms with Gasteiger partial charge in [-0.05, 0) is 18.2 Å². The summed E-state index contributed by atoms with van der Waals surface area (Å²) >= 11 is 0. The van der Waals surface area contributed by atoms with Crippen molar-refractivity contribution < 1.29 is 9.53 Å². The Labute approximate surface area is 72.1 Å². The fourth-order valence-electron chi connectivity index (χ4n) is 0.783. The summed E-state index contributed by atoms with van der Waals surface area (Å²) in [5.41, 5.74) is 6.49. The van der Waals surface area contributed by atoms with Crippen molar-refractivity contribution in [2.45, 2.75) is 7.43 Å². The number of hydrogen-bond acceptors (Lipinski definition) is 3. The van der Waals surface area contributed by atoms with Crippen molar-refractivity contribution >= 4 is 11.7 Å². The Morgan fingerprint density at radius 3 is 2.67 bits per heavy atom. The van der Waals surface area contributed by atoms with E-state index in [2.05, 4.69) is 4.74 Å². The van der Waals surface area contributed by atoms with Gasteiger partial charge in [0.15, 0.2) is 0 Å². The van der Waals surface area contributed by atoms with Crippen LogP contribution in [0, 0.1) is 0 Å². The lowest BCUT2D eigenvalue weighted by Crippen LogP contribution is -2.01. The quantitative estimate of drug-likeness (QED) is 0.511. The van der Waals surface area contributed by atoms with Gasteiger partial charge in [-0.15, -0.1) is 0 Å². The molecule has 0 aliphatic rings. The molecule has 0 spiro atoms. The zero-order valence-electron chi connectivity index (χ0n) is 6.20. The molecular formula is C9H13NO2. The molecule has 0 heterocycles. The molecule has 0 aromatic heterocycles. The van der Waals surface area contributed by atoms with Crippen LogP contribution >= 0.6 is 0 Å². The van der Waals surface area contributed by atoms with Gasteiger partial charge in [-0.3, -0.25) is 0 Å². The standard InChI is InChI=1S/C8H9NO2.CH4/c1-11-8(10)6-3-2-4-7(9)5-6;/h2-5H,9H2,1H3;1H4. The van der Waals surface area contributed by atoms with E-state index in [0.717, 1.165) is 0 Å². The van der Waals surface area contributed by atoms with Gasteiger partial charge in [-0.2, -0.15) is 0 Å². The smallest absolute Gasteiger partial charge is 0.337 e. The van der Waals surface area contributed by atoms with Crippen molar-refractivity contribution in [2.75, 3.05) is 12.8 Å². The largest absolute Gasteiger partial charge is 0.465 e. The number of anilines is 1. The Morgan fingerprint density at radius 1 is 1.50 bits per heavy atom. The van der Waals surface area contributed by atoms with E-state index in [1.54, 1.807) is 24.3 Å². The number of rotatable bonds is 1. The van der Waals surface area contributed by atoms with E-state index in [0.29, 0.717) is 11.3 Å². The molecule has 2 N–H and O–H groups in total. The fraction of sp³-hybridized carbons (Fsp3) is 0.222. The summed E-state index contributed by atoms with van der Waals surface area (Å²) in [7, 11) is 1.34. The molecule has 0 amide bonds. The molecule has 0 aliphatic heterocycles. The van der Waals surface area contributed by atoms with E-state index in [9.17, 15) is 4.79 Å². The van der Waals surface area contributed by atoms with Crippen LogP contribution in [-0.4, -0.2) is 13.1 Å². The summed E-state index contributed by atoms with van der Waals surface area (Å²) in [5.74, 6) is -0.364. The van der Waals surface area contributed by atoms with Gasteiger partial charge in [0.1, 0.15) is 0 Å². The molecule has 66 valence electrons. The summed E-state index contributed by atoms with van der Waals surface area (Å²) in [6.45, 7) is 0. The van der Waals surface area contributed by atoms with Gasteiger partial charge in [-0.25, -0.2) is 4.79 Å². The molecule has 0 atom stereocenters. The number of nitrogens with two attached hydrogens (primary N) is 1. The van der Waals surface area contributed by atoms with E-state index in [-0.39, 0.29) is 13.4 Å². The number of esters is 1. The summed E-state index contributed by atoms with van der Waals surface area (Å²) in [5, 5.41) is 0. The summed E-state index contributed by atoms with van der Waals surface area (Å²) in [6, 6.07) is 6.65. The second-order valence-electron chi connectivity index (χ2n) is 2.12. The zero-order valence-corrected chi connectivity index (χ0v) is 6.20. The second-order valence-corrected chi connectivity index (χ2v) is 2.12. The first-order chi connectivity index (χ1) is 5.24. The molecule has 0 unspecified atom stereocenters. The van der Waals surface area contributed by atoms with Gasteiger partial charge in [-0.1, -0.05) is 13.5 Å². The number of carbonyl (C=O) groups is 1. The number of hydrogen-bond donors (Lipinski definition) is 1. The highest BCUT2D eigenvalue weighted by atomic mass is 16.5. The monoisotopic (exact) mass is 167 g/mol. The molecule has 3 nitrogen and oxygen atoms in total. The van der Waals surface area contributed by atoms with Gasteiger partial charge in [0.05, 0.1) is 12.7 Å². The normalized spacial score (nSPS) is 8.42. The average Bonchev–Trinajstić information content (AvgIpc) is 2.03. The minimum atomic E-state index is -0.364. The van der Waals surface area contributed by atoms with Gasteiger partial charge < -0.3 is 10.5 Å². The summed E-state index contributed by atoms with van der Waals surface area (Å²) < 4.78 is 4.50. The molecule has 0 saturated carbocycles. The first-order valence-corrected chi connectivity index (χ1v) is 3.18. The lowest BCUT2D eigenvalue weighted by molar-refractivity contribution is 0.0601. The highest BCUT2D eigenvalue weighted by Gasteiger charge is 2.02. The number of carbonyl (C=O) groups excluding carboxylic acids is 1. The minimum Gasteiger partial charge on any atom is -0.465 e. The maximum Gasteiger partial charge on any atom is 0.337 e. The Bertz CT molecular complexity index is 271. The average molecular weight is 167 g/mol. The predicted molar refractivity (Wildman–Crippen MR) is 48.9 cm³/mol. The highest BCUT2D eigenvalue weighted by molar-refractivity contribution is 5.90. The first kappa shape index (κ1) is 10.5. The van der Waals surface area contributed by atoms with Crippen LogP contribution in [-0.2, 0) is 4.74 Å². The molecule has 1 rings (SSSR count). The number of nitrogen functional groups attached to an aromatic ring is 1. The van der Waals surface area contributed by atoms with Gasteiger partial charge >= 0.3 is 5.97 Å². The van der Waals surface area contributed by atoms with E-state index in [1.165, 1.54) is 7.11 Å². The van der Waals surface area contributed by atoms with Crippen molar-refractivity contribution in [2.24, 2.45) is 0 Å². The van der Waals surface area contributed by atoms with Crippen molar-refractivity contribution in [3.05, 3.63) is 29.8 Å². The molecular weight excluding hydrogens is 154 g/mol. The third-order valence-corrected chi connectivity index (χ3v) is 1.31. The Kier molecular flexibility index (Phi) is 3.83. The Balaban J connectivity index is 0.00000121. The van der Waals surface area contributed by atoms with Gasteiger partial charge in [0, 0.05) is 5.69 Å². The number of methoxy groups -OCH3 is 1. The molecule has 1 aromatic carbocycles. The van der Waals surface area contributed by atoms with Crippen LogP contribution in [0.15, 0.2) is 24.3 Å². The van der Waals surface area contributed by atoms with E-state index in [1.807, 2.05) is 0 Å². The van der Waals surface area contributed by atoms with Crippen LogP contribution in [0.4, 0.5) is 5.69 Å². The van der Waals surface area contributed by atoms with E-state index >= 15 is 0 Å². The van der Waals surface area contributed by atoms with Crippen LogP contribution in [0.2, 0.25) is 0 Å². The van der Waals surface area contributed by atoms with Crippen LogP contribution in [0.5, 0.6) is 0 Å². The van der Waals surface area contributed by atoms with E-state index in [4.69, 9.17) is 5.73 Å². The van der Waals surface area contributed by atoms with Crippen molar-refractivity contribution in [1.29, 1.82) is 0 Å². The van der Waals surface area contributed by atoms with Crippen molar-refractivity contribution in [1.82, 2.24) is 0 Å². The summed E-state index contributed by atoms with van der Waals surface area (Å²) in [6.07, 6.45) is 0. The molecule has 0 aliphatic carbocycles. The van der Waals surface area contributed by atoms with Crippen LogP contribution in [0.1, 0.15) is 17.8 Å².